The zero-order valence-electron chi connectivity index (χ0n) is 8.27. The fourth-order valence-corrected chi connectivity index (χ4v) is 0.991. The summed E-state index contributed by atoms with van der Waals surface area (Å²) in [6, 6.07) is 6.76. The van der Waals surface area contributed by atoms with Crippen molar-refractivity contribution in [3.8, 4) is 5.75 Å². The number of anilines is 1. The number of phenols is 1. The maximum absolute atomic E-state index is 10.7. The highest BCUT2D eigenvalue weighted by atomic mass is 16.3. The van der Waals surface area contributed by atoms with E-state index in [4.69, 9.17) is 5.11 Å². The Labute approximate surface area is 83.3 Å². The number of hydrogen-bond donors (Lipinski definition) is 1. The van der Waals surface area contributed by atoms with Gasteiger partial charge in [-0.25, -0.2) is 0 Å². The molecule has 0 saturated carbocycles. The number of aromatic hydroxyl groups is 1. The van der Waals surface area contributed by atoms with Crippen LogP contribution in [0.2, 0.25) is 0 Å². The van der Waals surface area contributed by atoms with E-state index >= 15 is 0 Å². The second-order valence-electron chi connectivity index (χ2n) is 3.05. The van der Waals surface area contributed by atoms with E-state index in [-0.39, 0.29) is 11.5 Å². The van der Waals surface area contributed by atoms with Crippen LogP contribution in [0.25, 0.3) is 0 Å². The fraction of sp³-hybridized carbons (Fsp3) is 0.182. The van der Waals surface area contributed by atoms with Crippen LogP contribution in [-0.2, 0) is 4.79 Å². The molecule has 0 aliphatic rings. The average Bonchev–Trinajstić information content (AvgIpc) is 2.15. The summed E-state index contributed by atoms with van der Waals surface area (Å²) in [6.07, 6.45) is 3.18. The molecule has 1 rings (SSSR count). The van der Waals surface area contributed by atoms with Crippen molar-refractivity contribution in [3.63, 3.8) is 0 Å². The zero-order chi connectivity index (χ0) is 10.6. The molecule has 3 heteroatoms. The Bertz CT molecular complexity index is 341. The molecule has 1 aromatic rings. The Hall–Kier alpha value is -1.77. The van der Waals surface area contributed by atoms with Gasteiger partial charge in [0.1, 0.15) is 5.75 Å². The van der Waals surface area contributed by atoms with Crippen molar-refractivity contribution in [1.29, 1.82) is 0 Å². The third kappa shape index (κ3) is 2.94. The Morgan fingerprint density at radius 3 is 2.43 bits per heavy atom. The van der Waals surface area contributed by atoms with Gasteiger partial charge in [0.2, 0.25) is 0 Å². The Morgan fingerprint density at radius 1 is 1.36 bits per heavy atom. The minimum Gasteiger partial charge on any atom is -0.508 e. The molecule has 1 N–H and O–H groups in total. The van der Waals surface area contributed by atoms with Crippen LogP contribution in [0, 0.1) is 0 Å². The van der Waals surface area contributed by atoms with E-state index in [9.17, 15) is 4.79 Å². The minimum atomic E-state index is 0.00984. The highest BCUT2D eigenvalue weighted by Crippen LogP contribution is 2.17. The third-order valence-electron chi connectivity index (χ3n) is 1.79. The van der Waals surface area contributed by atoms with Crippen LogP contribution in [0.4, 0.5) is 5.69 Å². The Balaban J connectivity index is 2.74. The van der Waals surface area contributed by atoms with Gasteiger partial charge in [-0.2, -0.15) is 0 Å². The highest BCUT2D eigenvalue weighted by Gasteiger charge is 1.96. The van der Waals surface area contributed by atoms with E-state index in [1.165, 1.54) is 13.0 Å². The van der Waals surface area contributed by atoms with Crippen molar-refractivity contribution in [3.05, 3.63) is 36.5 Å². The first-order valence-corrected chi connectivity index (χ1v) is 4.30. The predicted octanol–water partition coefficient (Wildman–Crippen LogP) is 1.93. The molecule has 0 radical (unpaired) electrons. The fourth-order valence-electron chi connectivity index (χ4n) is 0.991. The molecule has 1 aromatic carbocycles. The number of rotatable bonds is 3. The van der Waals surface area contributed by atoms with Crippen molar-refractivity contribution in [2.75, 3.05) is 11.9 Å². The molecule has 0 aromatic heterocycles. The molecule has 3 nitrogen and oxygen atoms in total. The van der Waals surface area contributed by atoms with E-state index in [0.29, 0.717) is 0 Å². The summed E-state index contributed by atoms with van der Waals surface area (Å²) in [4.78, 5) is 12.5. The summed E-state index contributed by atoms with van der Waals surface area (Å²) in [5.41, 5.74) is 0.917. The molecule has 0 fully saturated rings. The normalized spacial score (nSPS) is 10.4. The standard InChI is InChI=1S/C11H13NO2/c1-9(13)7-8-12(2)10-3-5-11(14)6-4-10/h3-8,14H,1-2H3/b8-7+. The highest BCUT2D eigenvalue weighted by molar-refractivity contribution is 5.87. The van der Waals surface area contributed by atoms with Crippen molar-refractivity contribution in [2.24, 2.45) is 0 Å². The van der Waals surface area contributed by atoms with Gasteiger partial charge in [-0.3, -0.25) is 4.79 Å². The van der Waals surface area contributed by atoms with E-state index in [2.05, 4.69) is 0 Å². The van der Waals surface area contributed by atoms with Gasteiger partial charge in [-0.15, -0.1) is 0 Å². The van der Waals surface area contributed by atoms with Crippen LogP contribution in [0.3, 0.4) is 0 Å². The van der Waals surface area contributed by atoms with Crippen LogP contribution >= 0.6 is 0 Å². The van der Waals surface area contributed by atoms with Crippen molar-refractivity contribution in [1.82, 2.24) is 0 Å². The Morgan fingerprint density at radius 2 is 1.93 bits per heavy atom. The molecule has 0 unspecified atom stereocenters. The summed E-state index contributed by atoms with van der Waals surface area (Å²) in [6.45, 7) is 1.50. The van der Waals surface area contributed by atoms with Crippen molar-refractivity contribution < 1.29 is 9.90 Å². The summed E-state index contributed by atoms with van der Waals surface area (Å²) in [7, 11) is 1.84. The van der Waals surface area contributed by atoms with E-state index in [0.717, 1.165) is 5.69 Å². The lowest BCUT2D eigenvalue weighted by molar-refractivity contribution is -0.112. The van der Waals surface area contributed by atoms with Crippen molar-refractivity contribution in [2.45, 2.75) is 6.92 Å². The number of hydrogen-bond acceptors (Lipinski definition) is 3. The first-order valence-electron chi connectivity index (χ1n) is 4.30. The second-order valence-corrected chi connectivity index (χ2v) is 3.05. The van der Waals surface area contributed by atoms with Gasteiger partial charge in [-0.1, -0.05) is 0 Å². The molecular formula is C11H13NO2. The monoisotopic (exact) mass is 191 g/mol. The molecule has 0 atom stereocenters. The molecule has 0 aliphatic heterocycles. The number of carbonyl (C=O) groups excluding carboxylic acids is 1. The Kier molecular flexibility index (Phi) is 3.29. The van der Waals surface area contributed by atoms with Crippen LogP contribution < -0.4 is 4.90 Å². The van der Waals surface area contributed by atoms with Gasteiger partial charge in [0.05, 0.1) is 0 Å². The molecule has 0 spiro atoms. The van der Waals surface area contributed by atoms with Gasteiger partial charge in [0.25, 0.3) is 0 Å². The topological polar surface area (TPSA) is 40.5 Å². The number of phenolic OH excluding ortho intramolecular Hbond substituents is 1. The molecular weight excluding hydrogens is 178 g/mol. The van der Waals surface area contributed by atoms with Gasteiger partial charge < -0.3 is 10.0 Å². The van der Waals surface area contributed by atoms with Gasteiger partial charge in [0, 0.05) is 18.9 Å². The molecule has 0 aliphatic carbocycles. The smallest absolute Gasteiger partial charge is 0.154 e. The van der Waals surface area contributed by atoms with Crippen LogP contribution in [-0.4, -0.2) is 17.9 Å². The quantitative estimate of drug-likeness (QED) is 0.742. The molecule has 0 amide bonds. The zero-order valence-corrected chi connectivity index (χ0v) is 8.27. The molecule has 14 heavy (non-hydrogen) atoms. The maximum atomic E-state index is 10.7. The lowest BCUT2D eigenvalue weighted by Gasteiger charge is -2.13. The van der Waals surface area contributed by atoms with E-state index in [1.807, 2.05) is 7.05 Å². The number of nitrogens with zero attached hydrogens (tertiary/aromatic N) is 1. The lowest BCUT2D eigenvalue weighted by Crippen LogP contribution is -2.07. The summed E-state index contributed by atoms with van der Waals surface area (Å²) in [5.74, 6) is 0.244. The molecule has 0 bridgehead atoms. The SMILES string of the molecule is CC(=O)/C=C/N(C)c1ccc(O)cc1. The maximum Gasteiger partial charge on any atom is 0.154 e. The van der Waals surface area contributed by atoms with Gasteiger partial charge in [0.15, 0.2) is 5.78 Å². The van der Waals surface area contributed by atoms with Crippen molar-refractivity contribution >= 4 is 11.5 Å². The summed E-state index contributed by atoms with van der Waals surface area (Å²) in [5, 5.41) is 9.07. The minimum absolute atomic E-state index is 0.00984. The van der Waals surface area contributed by atoms with E-state index in [1.54, 1.807) is 35.4 Å². The number of allylic oxidation sites excluding steroid dienone is 1. The predicted molar refractivity (Wildman–Crippen MR) is 56.3 cm³/mol. The molecule has 0 heterocycles. The first kappa shape index (κ1) is 10.3. The molecule has 0 saturated heterocycles. The number of ketones is 1. The largest absolute Gasteiger partial charge is 0.508 e. The number of benzene rings is 1. The van der Waals surface area contributed by atoms with Crippen LogP contribution in [0.1, 0.15) is 6.92 Å². The van der Waals surface area contributed by atoms with E-state index < -0.39 is 0 Å². The molecule has 74 valence electrons. The number of carbonyl (C=O) groups is 1. The van der Waals surface area contributed by atoms with Gasteiger partial charge >= 0.3 is 0 Å². The lowest BCUT2D eigenvalue weighted by atomic mass is 10.3. The van der Waals surface area contributed by atoms with Crippen LogP contribution in [0.15, 0.2) is 36.5 Å². The van der Waals surface area contributed by atoms with Crippen LogP contribution in [0.5, 0.6) is 5.75 Å². The summed E-state index contributed by atoms with van der Waals surface area (Å²) < 4.78 is 0. The third-order valence-corrected chi connectivity index (χ3v) is 1.79. The first-order chi connectivity index (χ1) is 6.59. The summed E-state index contributed by atoms with van der Waals surface area (Å²) >= 11 is 0. The average molecular weight is 191 g/mol. The van der Waals surface area contributed by atoms with Gasteiger partial charge in [-0.05, 0) is 37.3 Å². The second kappa shape index (κ2) is 4.46.